The van der Waals surface area contributed by atoms with Gasteiger partial charge in [-0.3, -0.25) is 14.5 Å². The van der Waals surface area contributed by atoms with Gasteiger partial charge in [0.05, 0.1) is 29.5 Å². The average molecular weight is 535 g/mol. The van der Waals surface area contributed by atoms with Gasteiger partial charge in [-0.1, -0.05) is 42.5 Å². The Morgan fingerprint density at radius 2 is 1.62 bits per heavy atom. The third-order valence-electron chi connectivity index (χ3n) is 7.07. The number of aliphatic hydroxyl groups excluding tert-OH is 1. The predicted octanol–water partition coefficient (Wildman–Crippen LogP) is 5.64. The number of phenols is 1. The Balaban J connectivity index is 1.51. The zero-order valence-corrected chi connectivity index (χ0v) is 21.7. The molecule has 0 saturated carbocycles. The lowest BCUT2D eigenvalue weighted by molar-refractivity contribution is -0.132. The van der Waals surface area contributed by atoms with E-state index < -0.39 is 17.7 Å². The van der Waals surface area contributed by atoms with Crippen molar-refractivity contribution in [2.75, 3.05) is 30.0 Å². The fourth-order valence-corrected chi connectivity index (χ4v) is 5.09. The van der Waals surface area contributed by atoms with Crippen LogP contribution in [0.3, 0.4) is 0 Å². The standard InChI is InChI=1S/C32H26N2O6/c1-33-16-17-39-27-15-14-21(19-25(27)33)30(36)28-29(34(32(38)31(28)37)24-12-5-6-13-26(24)35)20-8-7-11-23(18-20)40-22-9-3-2-4-10-22/h2-15,18-19,29,35-36H,16-17H2,1H3/b30-28-. The normalized spacial score (nSPS) is 17.9. The predicted molar refractivity (Wildman–Crippen MR) is 151 cm³/mol. The summed E-state index contributed by atoms with van der Waals surface area (Å²) in [6.07, 6.45) is 0. The number of carbonyl (C=O) groups excluding carboxylic acids is 2. The quantitative estimate of drug-likeness (QED) is 0.194. The Hall–Kier alpha value is -5.24. The summed E-state index contributed by atoms with van der Waals surface area (Å²) in [5.74, 6) is -0.435. The first-order chi connectivity index (χ1) is 19.4. The molecule has 2 aliphatic rings. The third kappa shape index (κ3) is 4.39. The Bertz CT molecular complexity index is 1650. The molecule has 1 saturated heterocycles. The zero-order chi connectivity index (χ0) is 27.8. The van der Waals surface area contributed by atoms with Gasteiger partial charge in [-0.05, 0) is 60.2 Å². The number of hydrogen-bond acceptors (Lipinski definition) is 7. The van der Waals surface area contributed by atoms with Crippen LogP contribution in [0.5, 0.6) is 23.0 Å². The van der Waals surface area contributed by atoms with Crippen LogP contribution in [0.15, 0.2) is 103 Å². The molecule has 0 aromatic heterocycles. The molecule has 0 aliphatic carbocycles. The maximum absolute atomic E-state index is 13.6. The molecule has 0 radical (unpaired) electrons. The fourth-order valence-electron chi connectivity index (χ4n) is 5.09. The highest BCUT2D eigenvalue weighted by Gasteiger charge is 2.47. The second kappa shape index (κ2) is 10.1. The van der Waals surface area contributed by atoms with Gasteiger partial charge in [0.1, 0.15) is 35.4 Å². The molecule has 4 aromatic carbocycles. The summed E-state index contributed by atoms with van der Waals surface area (Å²) >= 11 is 0. The number of aromatic hydroxyl groups is 1. The van der Waals surface area contributed by atoms with Crippen LogP contribution in [0.25, 0.3) is 5.76 Å². The maximum atomic E-state index is 13.6. The molecule has 1 unspecified atom stereocenters. The summed E-state index contributed by atoms with van der Waals surface area (Å²) in [5, 5.41) is 22.3. The minimum Gasteiger partial charge on any atom is -0.507 e. The van der Waals surface area contributed by atoms with Crippen LogP contribution >= 0.6 is 0 Å². The number of Topliss-reactive ketones (excluding diaryl/α,β-unsaturated/α-hetero) is 1. The van der Waals surface area contributed by atoms with E-state index >= 15 is 0 Å². The highest BCUT2D eigenvalue weighted by Crippen LogP contribution is 2.46. The number of hydrogen-bond donors (Lipinski definition) is 2. The molecule has 1 amide bonds. The number of fused-ring (bicyclic) bond motifs is 1. The van der Waals surface area contributed by atoms with Crippen LogP contribution in [0, 0.1) is 0 Å². The topological polar surface area (TPSA) is 99.5 Å². The Morgan fingerprint density at radius 1 is 0.875 bits per heavy atom. The van der Waals surface area contributed by atoms with Gasteiger partial charge in [-0.15, -0.1) is 0 Å². The van der Waals surface area contributed by atoms with Gasteiger partial charge in [-0.2, -0.15) is 0 Å². The third-order valence-corrected chi connectivity index (χ3v) is 7.07. The van der Waals surface area contributed by atoms with Gasteiger partial charge in [0.2, 0.25) is 0 Å². The van der Waals surface area contributed by atoms with E-state index in [9.17, 15) is 19.8 Å². The molecule has 2 heterocycles. The first-order valence-corrected chi connectivity index (χ1v) is 12.8. The highest BCUT2D eigenvalue weighted by molar-refractivity contribution is 6.52. The smallest absolute Gasteiger partial charge is 0.300 e. The fraction of sp³-hybridized carbons (Fsp3) is 0.125. The van der Waals surface area contributed by atoms with Crippen molar-refractivity contribution in [1.29, 1.82) is 0 Å². The van der Waals surface area contributed by atoms with Crippen LogP contribution < -0.4 is 19.3 Å². The highest BCUT2D eigenvalue weighted by atomic mass is 16.5. The van der Waals surface area contributed by atoms with Crippen molar-refractivity contribution in [3.63, 3.8) is 0 Å². The molecule has 8 heteroatoms. The van der Waals surface area contributed by atoms with Crippen molar-refractivity contribution in [2.24, 2.45) is 0 Å². The minimum atomic E-state index is -1.03. The molecule has 1 fully saturated rings. The lowest BCUT2D eigenvalue weighted by Gasteiger charge is -2.28. The number of rotatable bonds is 5. The zero-order valence-electron chi connectivity index (χ0n) is 21.7. The number of ether oxygens (including phenoxy) is 2. The average Bonchev–Trinajstić information content (AvgIpc) is 3.23. The van der Waals surface area contributed by atoms with E-state index in [4.69, 9.17) is 9.47 Å². The molecular weight excluding hydrogens is 508 g/mol. The van der Waals surface area contributed by atoms with Crippen molar-refractivity contribution in [1.82, 2.24) is 0 Å². The van der Waals surface area contributed by atoms with E-state index in [2.05, 4.69) is 0 Å². The molecule has 200 valence electrons. The number of amides is 1. The van der Waals surface area contributed by atoms with Gasteiger partial charge in [0, 0.05) is 12.6 Å². The molecule has 2 N–H and O–H groups in total. The van der Waals surface area contributed by atoms with E-state index in [1.165, 1.54) is 11.0 Å². The van der Waals surface area contributed by atoms with Crippen molar-refractivity contribution < 1.29 is 29.3 Å². The van der Waals surface area contributed by atoms with Gasteiger partial charge in [0.15, 0.2) is 0 Å². The number of aliphatic hydroxyl groups is 1. The van der Waals surface area contributed by atoms with E-state index in [-0.39, 0.29) is 22.8 Å². The summed E-state index contributed by atoms with van der Waals surface area (Å²) in [5.41, 5.74) is 1.72. The molecule has 1 atom stereocenters. The lowest BCUT2D eigenvalue weighted by atomic mass is 9.94. The van der Waals surface area contributed by atoms with E-state index in [0.717, 1.165) is 5.69 Å². The van der Waals surface area contributed by atoms with E-state index in [0.29, 0.717) is 41.5 Å². The van der Waals surface area contributed by atoms with Crippen LogP contribution in [0.2, 0.25) is 0 Å². The van der Waals surface area contributed by atoms with Crippen LogP contribution in [0.4, 0.5) is 11.4 Å². The molecule has 40 heavy (non-hydrogen) atoms. The Morgan fingerprint density at radius 3 is 2.42 bits per heavy atom. The summed E-state index contributed by atoms with van der Waals surface area (Å²) in [4.78, 5) is 30.3. The van der Waals surface area contributed by atoms with Crippen LogP contribution in [0.1, 0.15) is 17.2 Å². The van der Waals surface area contributed by atoms with E-state index in [1.54, 1.807) is 60.7 Å². The summed E-state index contributed by atoms with van der Waals surface area (Å²) in [6, 6.07) is 26.6. The number of phenolic OH excluding ortho intramolecular Hbond substituents is 1. The van der Waals surface area contributed by atoms with E-state index in [1.807, 2.05) is 42.3 Å². The number of para-hydroxylation sites is 3. The number of ketones is 1. The first-order valence-electron chi connectivity index (χ1n) is 12.8. The maximum Gasteiger partial charge on any atom is 0.300 e. The Labute approximate surface area is 230 Å². The number of benzene rings is 4. The van der Waals surface area contributed by atoms with Crippen molar-refractivity contribution in [3.05, 3.63) is 114 Å². The van der Waals surface area contributed by atoms with Crippen LogP contribution in [-0.2, 0) is 9.59 Å². The second-order valence-electron chi connectivity index (χ2n) is 9.60. The van der Waals surface area contributed by atoms with Crippen molar-refractivity contribution >= 4 is 28.8 Å². The summed E-state index contributed by atoms with van der Waals surface area (Å²) in [7, 11) is 1.92. The largest absolute Gasteiger partial charge is 0.507 e. The SMILES string of the molecule is CN1CCOc2ccc(/C(O)=C3/C(=O)C(=O)N(c4ccccc4O)C3c3cccc(Oc4ccccc4)c3)cc21. The molecule has 2 aliphatic heterocycles. The van der Waals surface area contributed by atoms with Crippen LogP contribution in [-0.4, -0.2) is 42.1 Å². The second-order valence-corrected chi connectivity index (χ2v) is 9.60. The van der Waals surface area contributed by atoms with Gasteiger partial charge >= 0.3 is 0 Å². The van der Waals surface area contributed by atoms with Gasteiger partial charge in [0.25, 0.3) is 11.7 Å². The van der Waals surface area contributed by atoms with Crippen molar-refractivity contribution in [3.8, 4) is 23.0 Å². The minimum absolute atomic E-state index is 0.0931. The molecule has 8 nitrogen and oxygen atoms in total. The number of nitrogens with zero attached hydrogens (tertiary/aromatic N) is 2. The molecule has 6 rings (SSSR count). The number of anilines is 2. The lowest BCUT2D eigenvalue weighted by Crippen LogP contribution is -2.29. The first kappa shape index (κ1) is 25.1. The molecule has 0 bridgehead atoms. The monoisotopic (exact) mass is 534 g/mol. The number of likely N-dealkylation sites (N-methyl/N-ethyl adjacent to an activating group) is 1. The van der Waals surface area contributed by atoms with Crippen molar-refractivity contribution in [2.45, 2.75) is 6.04 Å². The summed E-state index contributed by atoms with van der Waals surface area (Å²) < 4.78 is 11.7. The molecule has 0 spiro atoms. The summed E-state index contributed by atoms with van der Waals surface area (Å²) in [6.45, 7) is 1.21. The van der Waals surface area contributed by atoms with Gasteiger partial charge in [-0.25, -0.2) is 0 Å². The van der Waals surface area contributed by atoms with Gasteiger partial charge < -0.3 is 24.6 Å². The number of carbonyl (C=O) groups is 2. The Kier molecular flexibility index (Phi) is 6.36. The molecule has 4 aromatic rings. The molecular formula is C32H26N2O6.